The van der Waals surface area contributed by atoms with Crippen LogP contribution in [0.25, 0.3) is 0 Å². The first-order chi connectivity index (χ1) is 9.92. The second kappa shape index (κ2) is 6.97. The Kier molecular flexibility index (Phi) is 5.50. The molecule has 0 N–H and O–H groups in total. The molecule has 1 saturated carbocycles. The number of hydrogen-bond acceptors (Lipinski definition) is 3. The minimum Gasteiger partial charge on any atom is -0.212 e. The molecule has 7 heteroatoms. The normalized spacial score (nSPS) is 15.1. The van der Waals surface area contributed by atoms with E-state index in [-0.39, 0.29) is 18.7 Å². The molecule has 0 unspecified atom stereocenters. The second-order valence-corrected chi connectivity index (χ2v) is 8.01. The van der Waals surface area contributed by atoms with Crippen LogP contribution < -0.4 is 0 Å². The highest BCUT2D eigenvalue weighted by molar-refractivity contribution is 7.88. The summed E-state index contributed by atoms with van der Waals surface area (Å²) >= 11 is 11.9. The van der Waals surface area contributed by atoms with Gasteiger partial charge < -0.3 is 0 Å². The summed E-state index contributed by atoms with van der Waals surface area (Å²) in [5.74, 6) is 0.264. The molecule has 0 aliphatic heterocycles. The van der Waals surface area contributed by atoms with E-state index in [0.29, 0.717) is 28.1 Å². The van der Waals surface area contributed by atoms with Gasteiger partial charge in [-0.05, 0) is 36.5 Å². The highest BCUT2D eigenvalue weighted by Crippen LogP contribution is 2.31. The minimum atomic E-state index is -3.48. The maximum Gasteiger partial charge on any atom is 0.218 e. The zero-order chi connectivity index (χ0) is 15.5. The van der Waals surface area contributed by atoms with Crippen molar-refractivity contribution in [2.24, 2.45) is 5.92 Å². The molecule has 1 fully saturated rings. The highest BCUT2D eigenvalue weighted by atomic mass is 35.5. The lowest BCUT2D eigenvalue weighted by molar-refractivity contribution is 0.402. The standard InChI is InChI=1S/C14H16Cl2N2O2S/c15-13-5-4-12(14(16)8-13)10-21(19,20)18(7-1-6-17)9-11-2-3-11/h4-5,8,11H,1-3,7,9-10H2. The van der Waals surface area contributed by atoms with E-state index < -0.39 is 10.0 Å². The molecule has 1 aliphatic rings. The predicted octanol–water partition coefficient (Wildman–Crippen LogP) is 3.45. The molecule has 0 heterocycles. The Balaban J connectivity index is 2.14. The van der Waals surface area contributed by atoms with Gasteiger partial charge in [0.05, 0.1) is 11.8 Å². The summed E-state index contributed by atoms with van der Waals surface area (Å²) in [6.45, 7) is 0.732. The number of nitrogens with zero attached hydrogens (tertiary/aromatic N) is 2. The fraction of sp³-hybridized carbons (Fsp3) is 0.500. The summed E-state index contributed by atoms with van der Waals surface area (Å²) in [4.78, 5) is 0. The number of nitriles is 1. The Bertz CT molecular complexity index is 651. The van der Waals surface area contributed by atoms with Gasteiger partial charge in [-0.3, -0.25) is 0 Å². The zero-order valence-electron chi connectivity index (χ0n) is 11.4. The van der Waals surface area contributed by atoms with E-state index in [2.05, 4.69) is 0 Å². The molecule has 0 spiro atoms. The van der Waals surface area contributed by atoms with Crippen LogP contribution in [0.3, 0.4) is 0 Å². The monoisotopic (exact) mass is 346 g/mol. The van der Waals surface area contributed by atoms with Gasteiger partial charge in [0.2, 0.25) is 10.0 Å². The van der Waals surface area contributed by atoms with Crippen LogP contribution in [0.2, 0.25) is 10.0 Å². The van der Waals surface area contributed by atoms with Gasteiger partial charge in [-0.25, -0.2) is 12.7 Å². The Morgan fingerprint density at radius 2 is 2.05 bits per heavy atom. The molecular formula is C14H16Cl2N2O2S. The third-order valence-corrected chi connectivity index (χ3v) is 5.76. The molecule has 0 bridgehead atoms. The van der Waals surface area contributed by atoms with Gasteiger partial charge in [-0.15, -0.1) is 0 Å². The fourth-order valence-corrected chi connectivity index (χ4v) is 4.22. The van der Waals surface area contributed by atoms with E-state index in [0.717, 1.165) is 12.8 Å². The number of rotatable bonds is 7. The van der Waals surface area contributed by atoms with Crippen LogP contribution in [0.4, 0.5) is 0 Å². The van der Waals surface area contributed by atoms with Crippen molar-refractivity contribution >= 4 is 33.2 Å². The lowest BCUT2D eigenvalue weighted by Gasteiger charge is -2.21. The summed E-state index contributed by atoms with van der Waals surface area (Å²) in [5.41, 5.74) is 0.527. The minimum absolute atomic E-state index is 0.166. The van der Waals surface area contributed by atoms with Crippen molar-refractivity contribution < 1.29 is 8.42 Å². The molecular weight excluding hydrogens is 331 g/mol. The van der Waals surface area contributed by atoms with Gasteiger partial charge in [-0.2, -0.15) is 5.26 Å². The van der Waals surface area contributed by atoms with Gasteiger partial charge in [0, 0.05) is 29.6 Å². The van der Waals surface area contributed by atoms with Gasteiger partial charge in [0.15, 0.2) is 0 Å². The summed E-state index contributed by atoms with van der Waals surface area (Å²) in [5, 5.41) is 9.51. The molecule has 0 radical (unpaired) electrons. The van der Waals surface area contributed by atoms with Crippen LogP contribution in [0, 0.1) is 17.2 Å². The van der Waals surface area contributed by atoms with Crippen molar-refractivity contribution in [3.05, 3.63) is 33.8 Å². The Morgan fingerprint density at radius 3 is 2.62 bits per heavy atom. The van der Waals surface area contributed by atoms with E-state index in [4.69, 9.17) is 28.5 Å². The topological polar surface area (TPSA) is 61.2 Å². The summed E-state index contributed by atoms with van der Waals surface area (Å²) < 4.78 is 26.5. The van der Waals surface area contributed by atoms with E-state index in [9.17, 15) is 8.42 Å². The van der Waals surface area contributed by atoms with Crippen molar-refractivity contribution in [3.63, 3.8) is 0 Å². The molecule has 0 saturated heterocycles. The summed E-state index contributed by atoms with van der Waals surface area (Å²) in [6.07, 6.45) is 2.31. The van der Waals surface area contributed by atoms with Gasteiger partial charge in [-0.1, -0.05) is 29.3 Å². The predicted molar refractivity (Wildman–Crippen MR) is 83.6 cm³/mol. The third-order valence-electron chi connectivity index (χ3n) is 3.38. The maximum absolute atomic E-state index is 12.5. The lowest BCUT2D eigenvalue weighted by Crippen LogP contribution is -2.34. The van der Waals surface area contributed by atoms with Crippen LogP contribution in [0.15, 0.2) is 18.2 Å². The van der Waals surface area contributed by atoms with Crippen molar-refractivity contribution in [3.8, 4) is 6.07 Å². The zero-order valence-corrected chi connectivity index (χ0v) is 13.8. The number of halogens is 2. The quantitative estimate of drug-likeness (QED) is 0.759. The Morgan fingerprint density at radius 1 is 1.33 bits per heavy atom. The second-order valence-electron chi connectivity index (χ2n) is 5.20. The first-order valence-electron chi connectivity index (χ1n) is 6.71. The number of sulfonamides is 1. The van der Waals surface area contributed by atoms with Crippen molar-refractivity contribution in [2.45, 2.75) is 25.0 Å². The van der Waals surface area contributed by atoms with Crippen molar-refractivity contribution in [2.75, 3.05) is 13.1 Å². The van der Waals surface area contributed by atoms with E-state index in [1.807, 2.05) is 6.07 Å². The average molecular weight is 347 g/mol. The van der Waals surface area contributed by atoms with Crippen LogP contribution in [-0.2, 0) is 15.8 Å². The lowest BCUT2D eigenvalue weighted by atomic mass is 10.2. The van der Waals surface area contributed by atoms with Crippen LogP contribution >= 0.6 is 23.2 Å². The third kappa shape index (κ3) is 4.86. The molecule has 1 aromatic carbocycles. The molecule has 0 amide bonds. The van der Waals surface area contributed by atoms with Crippen LogP contribution in [-0.4, -0.2) is 25.8 Å². The highest BCUT2D eigenvalue weighted by Gasteiger charge is 2.30. The average Bonchev–Trinajstić information content (AvgIpc) is 3.21. The Hall–Kier alpha value is -0.800. The smallest absolute Gasteiger partial charge is 0.212 e. The number of benzene rings is 1. The van der Waals surface area contributed by atoms with Crippen LogP contribution in [0.5, 0.6) is 0 Å². The fourth-order valence-electron chi connectivity index (χ4n) is 2.03. The Labute approximate surface area is 135 Å². The SMILES string of the molecule is N#CCCN(CC1CC1)S(=O)(=O)Cc1ccc(Cl)cc1Cl. The molecule has 0 atom stereocenters. The molecule has 1 aliphatic carbocycles. The van der Waals surface area contributed by atoms with Gasteiger partial charge in [0.1, 0.15) is 0 Å². The maximum atomic E-state index is 12.5. The van der Waals surface area contributed by atoms with E-state index in [1.54, 1.807) is 12.1 Å². The summed E-state index contributed by atoms with van der Waals surface area (Å²) in [6, 6.07) is 6.78. The summed E-state index contributed by atoms with van der Waals surface area (Å²) in [7, 11) is -3.48. The van der Waals surface area contributed by atoms with Crippen molar-refractivity contribution in [1.29, 1.82) is 5.26 Å². The molecule has 21 heavy (non-hydrogen) atoms. The van der Waals surface area contributed by atoms with Crippen molar-refractivity contribution in [1.82, 2.24) is 4.31 Å². The van der Waals surface area contributed by atoms with E-state index in [1.165, 1.54) is 10.4 Å². The first-order valence-corrected chi connectivity index (χ1v) is 9.07. The molecule has 2 rings (SSSR count). The van der Waals surface area contributed by atoms with E-state index >= 15 is 0 Å². The molecule has 1 aromatic rings. The first kappa shape index (κ1) is 16.6. The largest absolute Gasteiger partial charge is 0.218 e. The molecule has 4 nitrogen and oxygen atoms in total. The molecule has 0 aromatic heterocycles. The molecule has 114 valence electrons. The number of hydrogen-bond donors (Lipinski definition) is 0. The van der Waals surface area contributed by atoms with Gasteiger partial charge in [0.25, 0.3) is 0 Å². The van der Waals surface area contributed by atoms with Gasteiger partial charge >= 0.3 is 0 Å². The van der Waals surface area contributed by atoms with Crippen LogP contribution in [0.1, 0.15) is 24.8 Å².